The number of urea groups is 1. The van der Waals surface area contributed by atoms with Crippen molar-refractivity contribution in [3.8, 4) is 0 Å². The Kier molecular flexibility index (Phi) is 6.11. The third-order valence-electron chi connectivity index (χ3n) is 5.06. The monoisotopic (exact) mass is 441 g/mol. The normalized spacial score (nSPS) is 26.5. The van der Waals surface area contributed by atoms with Crippen LogP contribution in [0.1, 0.15) is 12.8 Å². The Balaban J connectivity index is 1.70. The van der Waals surface area contributed by atoms with E-state index in [0.29, 0.717) is 22.5 Å². The van der Waals surface area contributed by atoms with Crippen LogP contribution in [-0.4, -0.2) is 110 Å². The van der Waals surface area contributed by atoms with Crippen LogP contribution in [0.3, 0.4) is 0 Å². The van der Waals surface area contributed by atoms with Gasteiger partial charge in [0, 0.05) is 39.3 Å². The summed E-state index contributed by atoms with van der Waals surface area (Å²) in [6, 6.07) is -1.59. The molecule has 3 aliphatic rings. The molecule has 0 aromatic heterocycles. The predicted octanol–water partition coefficient (Wildman–Crippen LogP) is -2.36. The van der Waals surface area contributed by atoms with Crippen LogP contribution in [0.5, 0.6) is 0 Å². The zero-order chi connectivity index (χ0) is 20.5. The summed E-state index contributed by atoms with van der Waals surface area (Å²) in [7, 11) is -8.90. The SMILES string of the molecule is O=CN([C@H]1CC[C@@H]2CN1C(=O)N2OS(=O)(=O)O)S(=O)(=O)CCN1CCNCC1. The number of amides is 3. The van der Waals surface area contributed by atoms with Crippen molar-refractivity contribution in [3.63, 3.8) is 0 Å². The van der Waals surface area contributed by atoms with Crippen molar-refractivity contribution in [1.29, 1.82) is 0 Å². The van der Waals surface area contributed by atoms with Crippen molar-refractivity contribution < 1.29 is 35.3 Å². The van der Waals surface area contributed by atoms with Crippen molar-refractivity contribution in [2.75, 3.05) is 45.0 Å². The lowest BCUT2D eigenvalue weighted by atomic mass is 10.1. The first-order chi connectivity index (χ1) is 13.1. The van der Waals surface area contributed by atoms with E-state index in [0.717, 1.165) is 18.0 Å². The molecule has 13 nitrogen and oxygen atoms in total. The quantitative estimate of drug-likeness (QED) is 0.308. The molecule has 3 fully saturated rings. The van der Waals surface area contributed by atoms with Crippen molar-refractivity contribution in [2.24, 2.45) is 0 Å². The standard InChI is InChI=1S/C13H23N5O8S2/c19-10-17(27(21,22)8-7-15-5-3-14-4-6-15)12-2-1-11-9-16(12)13(20)18(11)26-28(23,24)25/h10-12,14H,1-9H2,(H,23,24,25)/t11-,12+/m1/s1. The van der Waals surface area contributed by atoms with Gasteiger partial charge in [-0.3, -0.25) is 19.1 Å². The van der Waals surface area contributed by atoms with Crippen molar-refractivity contribution in [2.45, 2.75) is 25.0 Å². The number of hydrogen-bond donors (Lipinski definition) is 2. The van der Waals surface area contributed by atoms with Crippen LogP contribution in [0.4, 0.5) is 4.79 Å². The second kappa shape index (κ2) is 8.08. The van der Waals surface area contributed by atoms with Gasteiger partial charge in [0.15, 0.2) is 0 Å². The second-order valence-electron chi connectivity index (χ2n) is 6.82. The van der Waals surface area contributed by atoms with Crippen LogP contribution in [0.15, 0.2) is 0 Å². The molecule has 3 amide bonds. The third kappa shape index (κ3) is 4.55. The first kappa shape index (κ1) is 21.2. The number of piperazine rings is 1. The number of sulfonamides is 1. The van der Waals surface area contributed by atoms with Gasteiger partial charge in [-0.2, -0.15) is 13.5 Å². The van der Waals surface area contributed by atoms with E-state index in [2.05, 4.69) is 9.60 Å². The Bertz CT molecular complexity index is 813. The van der Waals surface area contributed by atoms with Gasteiger partial charge in [0.2, 0.25) is 16.4 Å². The Morgan fingerprint density at radius 3 is 2.50 bits per heavy atom. The number of hydrogen-bond acceptors (Lipinski definition) is 9. The van der Waals surface area contributed by atoms with Crippen LogP contribution in [-0.2, 0) is 29.5 Å². The van der Waals surface area contributed by atoms with Crippen LogP contribution in [0, 0.1) is 0 Å². The Labute approximate surface area is 163 Å². The Morgan fingerprint density at radius 2 is 1.89 bits per heavy atom. The summed E-state index contributed by atoms with van der Waals surface area (Å²) < 4.78 is 61.1. The highest BCUT2D eigenvalue weighted by Gasteiger charge is 2.50. The largest absolute Gasteiger partial charge is 0.418 e. The molecule has 0 saturated carbocycles. The van der Waals surface area contributed by atoms with Gasteiger partial charge in [-0.25, -0.2) is 17.5 Å². The molecule has 0 aromatic rings. The van der Waals surface area contributed by atoms with Crippen LogP contribution in [0.25, 0.3) is 0 Å². The minimum absolute atomic E-state index is 0.0172. The number of rotatable bonds is 8. The summed E-state index contributed by atoms with van der Waals surface area (Å²) in [5, 5.41) is 3.67. The number of fused-ring (bicyclic) bond motifs is 2. The van der Waals surface area contributed by atoms with Gasteiger partial charge in [-0.15, -0.1) is 4.28 Å². The fourth-order valence-electron chi connectivity index (χ4n) is 3.68. The molecule has 2 N–H and O–H groups in total. The topological polar surface area (TPSA) is 157 Å². The lowest BCUT2D eigenvalue weighted by molar-refractivity contribution is -0.117. The molecule has 15 heteroatoms. The molecule has 0 unspecified atom stereocenters. The molecular formula is C13H23N5O8S2. The molecule has 28 heavy (non-hydrogen) atoms. The van der Waals surface area contributed by atoms with Gasteiger partial charge < -0.3 is 5.32 Å². The summed E-state index contributed by atoms with van der Waals surface area (Å²) in [5.74, 6) is -0.279. The molecular weight excluding hydrogens is 418 g/mol. The minimum Gasteiger partial charge on any atom is -0.314 e. The fraction of sp³-hybridized carbons (Fsp3) is 0.846. The maximum Gasteiger partial charge on any atom is 0.418 e. The maximum atomic E-state index is 12.7. The molecule has 3 rings (SSSR count). The van der Waals surface area contributed by atoms with E-state index in [4.69, 9.17) is 4.55 Å². The number of carbonyl (C=O) groups is 2. The highest BCUT2D eigenvalue weighted by Crippen LogP contribution is 2.32. The molecule has 3 saturated heterocycles. The van der Waals surface area contributed by atoms with Crippen molar-refractivity contribution >= 4 is 32.9 Å². The molecule has 0 radical (unpaired) electrons. The van der Waals surface area contributed by atoms with E-state index in [1.807, 2.05) is 4.90 Å². The molecule has 160 valence electrons. The van der Waals surface area contributed by atoms with Gasteiger partial charge in [0.25, 0.3) is 0 Å². The van der Waals surface area contributed by atoms with Gasteiger partial charge in [-0.1, -0.05) is 0 Å². The number of nitrogens with one attached hydrogen (secondary N) is 1. The van der Waals surface area contributed by atoms with Crippen LogP contribution in [0.2, 0.25) is 0 Å². The van der Waals surface area contributed by atoms with Gasteiger partial charge in [0.1, 0.15) is 6.17 Å². The number of nitrogens with zero attached hydrogens (tertiary/aromatic N) is 4. The lowest BCUT2D eigenvalue weighted by Gasteiger charge is -2.36. The zero-order valence-corrected chi connectivity index (χ0v) is 16.6. The van der Waals surface area contributed by atoms with Crippen LogP contribution < -0.4 is 5.32 Å². The smallest absolute Gasteiger partial charge is 0.314 e. The number of carbonyl (C=O) groups excluding carboxylic acids is 2. The second-order valence-corrected chi connectivity index (χ2v) is 9.82. The molecule has 2 atom stereocenters. The molecule has 0 aromatic carbocycles. The van der Waals surface area contributed by atoms with E-state index >= 15 is 0 Å². The predicted molar refractivity (Wildman–Crippen MR) is 94.4 cm³/mol. The average Bonchev–Trinajstić information content (AvgIpc) is 2.87. The van der Waals surface area contributed by atoms with Crippen molar-refractivity contribution in [3.05, 3.63) is 0 Å². The molecule has 0 aliphatic carbocycles. The summed E-state index contributed by atoms with van der Waals surface area (Å²) in [4.78, 5) is 27.1. The average molecular weight is 441 g/mol. The van der Waals surface area contributed by atoms with E-state index in [-0.39, 0.29) is 38.1 Å². The maximum absolute atomic E-state index is 12.7. The lowest BCUT2D eigenvalue weighted by Crippen LogP contribution is -2.54. The number of piperidine rings is 1. The van der Waals surface area contributed by atoms with E-state index in [1.54, 1.807) is 0 Å². The first-order valence-electron chi connectivity index (χ1n) is 8.79. The van der Waals surface area contributed by atoms with E-state index in [1.165, 1.54) is 0 Å². The summed E-state index contributed by atoms with van der Waals surface area (Å²) in [6.07, 6.45) is -0.547. The summed E-state index contributed by atoms with van der Waals surface area (Å²) in [6.45, 7) is 3.16. The van der Waals surface area contributed by atoms with Gasteiger partial charge >= 0.3 is 16.4 Å². The fourth-order valence-corrected chi connectivity index (χ4v) is 5.49. The molecule has 3 aliphatic heterocycles. The van der Waals surface area contributed by atoms with E-state index < -0.39 is 38.7 Å². The summed E-state index contributed by atoms with van der Waals surface area (Å²) >= 11 is 0. The highest BCUT2D eigenvalue weighted by molar-refractivity contribution is 7.89. The van der Waals surface area contributed by atoms with Gasteiger partial charge in [-0.05, 0) is 12.8 Å². The number of hydroxylamine groups is 2. The Morgan fingerprint density at radius 1 is 1.21 bits per heavy atom. The highest BCUT2D eigenvalue weighted by atomic mass is 32.3. The first-order valence-corrected chi connectivity index (χ1v) is 11.8. The van der Waals surface area contributed by atoms with Crippen LogP contribution >= 0.6 is 0 Å². The minimum atomic E-state index is -4.91. The van der Waals surface area contributed by atoms with E-state index in [9.17, 15) is 26.4 Å². The molecule has 0 spiro atoms. The van der Waals surface area contributed by atoms with Gasteiger partial charge in [0.05, 0.1) is 11.8 Å². The Hall–Kier alpha value is -1.52. The van der Waals surface area contributed by atoms with Crippen molar-refractivity contribution in [1.82, 2.24) is 24.5 Å². The molecule has 2 bridgehead atoms. The third-order valence-corrected chi connectivity index (χ3v) is 7.08. The molecule has 3 heterocycles. The zero-order valence-electron chi connectivity index (χ0n) is 15.0. The summed E-state index contributed by atoms with van der Waals surface area (Å²) in [5.41, 5.74) is 0.